The molecule has 1 saturated carbocycles. The van der Waals surface area contributed by atoms with Crippen LogP contribution in [0.1, 0.15) is 36.0 Å². The number of hydrogen-bond acceptors (Lipinski definition) is 4. The smallest absolute Gasteiger partial charge is 0.251 e. The van der Waals surface area contributed by atoms with Gasteiger partial charge in [0.05, 0.1) is 6.61 Å². The summed E-state index contributed by atoms with van der Waals surface area (Å²) in [5.41, 5.74) is 1.65. The van der Waals surface area contributed by atoms with Gasteiger partial charge in [-0.25, -0.2) is 0 Å². The van der Waals surface area contributed by atoms with Gasteiger partial charge in [0.15, 0.2) is 0 Å². The Morgan fingerprint density at radius 2 is 1.74 bits per heavy atom. The van der Waals surface area contributed by atoms with Gasteiger partial charge >= 0.3 is 0 Å². The van der Waals surface area contributed by atoms with Crippen LogP contribution in [0.3, 0.4) is 0 Å². The van der Waals surface area contributed by atoms with Gasteiger partial charge in [0.25, 0.3) is 5.91 Å². The van der Waals surface area contributed by atoms with Gasteiger partial charge in [-0.05, 0) is 61.8 Å². The van der Waals surface area contributed by atoms with Gasteiger partial charge in [-0.1, -0.05) is 0 Å². The fourth-order valence-electron chi connectivity index (χ4n) is 3.10. The molecule has 0 unspecified atom stereocenters. The fraction of sp³-hybridized carbons (Fsp3) is 0.611. The predicted molar refractivity (Wildman–Crippen MR) is 91.7 cm³/mol. The molecule has 0 saturated heterocycles. The third kappa shape index (κ3) is 5.22. The van der Waals surface area contributed by atoms with E-state index >= 15 is 0 Å². The quantitative estimate of drug-likeness (QED) is 0.714. The summed E-state index contributed by atoms with van der Waals surface area (Å²) in [7, 11) is 1.91. The van der Waals surface area contributed by atoms with E-state index in [-0.39, 0.29) is 19.1 Å². The van der Waals surface area contributed by atoms with E-state index in [2.05, 4.69) is 5.32 Å². The normalized spacial score (nSPS) is 21.0. The minimum Gasteiger partial charge on any atom is -0.396 e. The van der Waals surface area contributed by atoms with Crippen molar-refractivity contribution in [1.29, 1.82) is 0 Å². The number of benzene rings is 1. The highest BCUT2D eigenvalue weighted by atomic mass is 16.3. The zero-order valence-electron chi connectivity index (χ0n) is 13.9. The number of rotatable bonds is 7. The molecule has 1 aromatic rings. The molecule has 5 heteroatoms. The van der Waals surface area contributed by atoms with Crippen molar-refractivity contribution < 1.29 is 15.0 Å². The van der Waals surface area contributed by atoms with Gasteiger partial charge in [-0.3, -0.25) is 4.79 Å². The highest BCUT2D eigenvalue weighted by Gasteiger charge is 2.21. The first kappa shape index (κ1) is 17.8. The van der Waals surface area contributed by atoms with Crippen molar-refractivity contribution in [3.63, 3.8) is 0 Å². The summed E-state index contributed by atoms with van der Waals surface area (Å²) in [5.74, 6) is 0.938. The van der Waals surface area contributed by atoms with E-state index in [4.69, 9.17) is 10.2 Å². The molecule has 1 fully saturated rings. The minimum absolute atomic E-state index is 0.0364. The first-order valence-corrected chi connectivity index (χ1v) is 8.45. The molecule has 0 bridgehead atoms. The first-order chi connectivity index (χ1) is 11.1. The maximum Gasteiger partial charge on any atom is 0.251 e. The second-order valence-electron chi connectivity index (χ2n) is 6.47. The fourth-order valence-corrected chi connectivity index (χ4v) is 3.10. The highest BCUT2D eigenvalue weighted by molar-refractivity contribution is 5.94. The van der Waals surface area contributed by atoms with Crippen LogP contribution in [0, 0.1) is 11.8 Å². The molecule has 3 N–H and O–H groups in total. The highest BCUT2D eigenvalue weighted by Crippen LogP contribution is 2.27. The summed E-state index contributed by atoms with van der Waals surface area (Å²) in [5, 5.41) is 21.1. The molecule has 1 aliphatic rings. The van der Waals surface area contributed by atoms with Crippen molar-refractivity contribution in [2.75, 3.05) is 38.3 Å². The molecule has 0 spiro atoms. The summed E-state index contributed by atoms with van der Waals surface area (Å²) >= 11 is 0. The standard InChI is InChI=1S/C18H28N2O3/c1-20(10-11-21)17-8-6-16(7-9-17)18(23)19-12-14-2-4-15(13-22)5-3-14/h6-9,14-15,21-22H,2-5,10-13H2,1H3,(H,19,23). The number of anilines is 1. The van der Waals surface area contributed by atoms with Gasteiger partial charge in [-0.15, -0.1) is 0 Å². The zero-order valence-corrected chi connectivity index (χ0v) is 13.9. The molecule has 2 rings (SSSR count). The van der Waals surface area contributed by atoms with Crippen molar-refractivity contribution in [1.82, 2.24) is 5.32 Å². The Labute approximate surface area is 138 Å². The van der Waals surface area contributed by atoms with Crippen molar-refractivity contribution in [3.05, 3.63) is 29.8 Å². The lowest BCUT2D eigenvalue weighted by molar-refractivity contribution is 0.0937. The predicted octanol–water partition coefficient (Wildman–Crippen LogP) is 1.64. The Bertz CT molecular complexity index is 482. The summed E-state index contributed by atoms with van der Waals surface area (Å²) in [6.07, 6.45) is 4.28. The van der Waals surface area contributed by atoms with Crippen LogP contribution in [0.4, 0.5) is 5.69 Å². The number of carbonyl (C=O) groups excluding carboxylic acids is 1. The molecule has 0 radical (unpaired) electrons. The molecule has 0 aliphatic heterocycles. The molecular formula is C18H28N2O3. The maximum absolute atomic E-state index is 12.2. The lowest BCUT2D eigenvalue weighted by Gasteiger charge is -2.27. The Hall–Kier alpha value is -1.59. The number of aliphatic hydroxyl groups is 2. The molecule has 23 heavy (non-hydrogen) atoms. The third-order valence-corrected chi connectivity index (χ3v) is 4.78. The van der Waals surface area contributed by atoms with E-state index < -0.39 is 0 Å². The van der Waals surface area contributed by atoms with E-state index in [1.807, 2.05) is 36.2 Å². The second kappa shape index (κ2) is 8.89. The number of amides is 1. The number of aliphatic hydroxyl groups excluding tert-OH is 2. The SMILES string of the molecule is CN(CCO)c1ccc(C(=O)NCC2CCC(CO)CC2)cc1. The zero-order chi connectivity index (χ0) is 16.7. The summed E-state index contributed by atoms with van der Waals surface area (Å²) < 4.78 is 0. The number of hydrogen-bond donors (Lipinski definition) is 3. The van der Waals surface area contributed by atoms with Crippen LogP contribution in [0.2, 0.25) is 0 Å². The Kier molecular flexibility index (Phi) is 6.86. The van der Waals surface area contributed by atoms with E-state index in [9.17, 15) is 4.79 Å². The van der Waals surface area contributed by atoms with Gasteiger partial charge in [0.2, 0.25) is 0 Å². The molecule has 1 aliphatic carbocycles. The Balaban J connectivity index is 1.79. The Morgan fingerprint density at radius 1 is 1.13 bits per heavy atom. The molecule has 5 nitrogen and oxygen atoms in total. The summed E-state index contributed by atoms with van der Waals surface area (Å²) in [6, 6.07) is 7.44. The van der Waals surface area contributed by atoms with E-state index in [0.29, 0.717) is 30.5 Å². The third-order valence-electron chi connectivity index (χ3n) is 4.78. The van der Waals surface area contributed by atoms with Gasteiger partial charge in [0, 0.05) is 38.0 Å². The van der Waals surface area contributed by atoms with Crippen LogP contribution in [-0.4, -0.2) is 49.5 Å². The summed E-state index contributed by atoms with van der Waals surface area (Å²) in [4.78, 5) is 14.2. The molecule has 0 atom stereocenters. The largest absolute Gasteiger partial charge is 0.396 e. The van der Waals surface area contributed by atoms with Crippen molar-refractivity contribution in [2.24, 2.45) is 11.8 Å². The number of nitrogens with zero attached hydrogens (tertiary/aromatic N) is 1. The minimum atomic E-state index is -0.0364. The molecule has 1 aromatic carbocycles. The first-order valence-electron chi connectivity index (χ1n) is 8.45. The lowest BCUT2D eigenvalue weighted by Crippen LogP contribution is -2.31. The topological polar surface area (TPSA) is 72.8 Å². The second-order valence-corrected chi connectivity index (χ2v) is 6.47. The average molecular weight is 320 g/mol. The summed E-state index contributed by atoms with van der Waals surface area (Å²) in [6.45, 7) is 1.68. The van der Waals surface area contributed by atoms with Crippen molar-refractivity contribution in [3.8, 4) is 0 Å². The van der Waals surface area contributed by atoms with Gasteiger partial charge in [0.1, 0.15) is 0 Å². The van der Waals surface area contributed by atoms with Gasteiger partial charge < -0.3 is 20.4 Å². The van der Waals surface area contributed by atoms with Crippen LogP contribution >= 0.6 is 0 Å². The lowest BCUT2D eigenvalue weighted by atomic mass is 9.82. The van der Waals surface area contributed by atoms with Gasteiger partial charge in [-0.2, -0.15) is 0 Å². The van der Waals surface area contributed by atoms with E-state index in [1.54, 1.807) is 0 Å². The average Bonchev–Trinajstić information content (AvgIpc) is 2.60. The molecule has 128 valence electrons. The molecular weight excluding hydrogens is 292 g/mol. The van der Waals surface area contributed by atoms with Crippen molar-refractivity contribution in [2.45, 2.75) is 25.7 Å². The van der Waals surface area contributed by atoms with Crippen LogP contribution in [0.5, 0.6) is 0 Å². The molecule has 0 heterocycles. The van der Waals surface area contributed by atoms with Crippen LogP contribution in [-0.2, 0) is 0 Å². The van der Waals surface area contributed by atoms with Crippen LogP contribution < -0.4 is 10.2 Å². The van der Waals surface area contributed by atoms with Crippen LogP contribution in [0.25, 0.3) is 0 Å². The van der Waals surface area contributed by atoms with Crippen molar-refractivity contribution >= 4 is 11.6 Å². The van der Waals surface area contributed by atoms with E-state index in [0.717, 1.165) is 31.4 Å². The maximum atomic E-state index is 12.2. The Morgan fingerprint density at radius 3 is 2.30 bits per heavy atom. The number of carbonyl (C=O) groups is 1. The van der Waals surface area contributed by atoms with Crippen LogP contribution in [0.15, 0.2) is 24.3 Å². The number of likely N-dealkylation sites (N-methyl/N-ethyl adjacent to an activating group) is 1. The van der Waals surface area contributed by atoms with E-state index in [1.165, 1.54) is 0 Å². The number of nitrogens with one attached hydrogen (secondary N) is 1. The molecule has 1 amide bonds. The monoisotopic (exact) mass is 320 g/mol. The molecule has 0 aromatic heterocycles.